The van der Waals surface area contributed by atoms with Crippen LogP contribution >= 0.6 is 11.6 Å². The van der Waals surface area contributed by atoms with E-state index in [1.165, 1.54) is 6.20 Å². The first-order chi connectivity index (χ1) is 21.0. The predicted molar refractivity (Wildman–Crippen MR) is 189 cm³/mol. The van der Waals surface area contributed by atoms with Gasteiger partial charge in [-0.15, -0.1) is 0 Å². The normalized spacial score (nSPS) is 33.1. The lowest BCUT2D eigenvalue weighted by Crippen LogP contribution is -2.73. The van der Waals surface area contributed by atoms with Gasteiger partial charge in [0.1, 0.15) is 27.8 Å². The van der Waals surface area contributed by atoms with Gasteiger partial charge in [0.2, 0.25) is 0 Å². The number of nitrogens with zero attached hydrogens (tertiary/aromatic N) is 1. The number of carbonyl (C=O) groups excluding carboxylic acids is 1. The second kappa shape index (κ2) is 11.8. The predicted octanol–water partition coefficient (Wildman–Crippen LogP) is 8.42. The van der Waals surface area contributed by atoms with Crippen LogP contribution in [0.2, 0.25) is 64.1 Å². The van der Waals surface area contributed by atoms with Crippen LogP contribution in [0.4, 0.5) is 0 Å². The number of hydrogen-bond acceptors (Lipinski definition) is 8. The van der Waals surface area contributed by atoms with Crippen LogP contribution in [-0.4, -0.2) is 60.1 Å². The van der Waals surface area contributed by atoms with E-state index in [1.807, 2.05) is 6.92 Å². The SMILES string of the molecule is C[C@]1(CO[Si](C)(C)C)[C@@H]2C[C@H](O[Si](C)(C)C)[C@@]3(C)Oc4cc(-c5ccc(Cl)nc5)oc(=O)c4C(=O)[C@@H]3[C@@]2(C)CC[C@@H]1O[Si](C)(C)C. The molecule has 12 heteroatoms. The molecule has 2 saturated carbocycles. The van der Waals surface area contributed by atoms with Gasteiger partial charge in [0.25, 0.3) is 0 Å². The zero-order chi connectivity index (χ0) is 34.3. The smallest absolute Gasteiger partial charge is 0.351 e. The molecule has 1 aliphatic heterocycles. The molecule has 8 nitrogen and oxygen atoms in total. The highest BCUT2D eigenvalue weighted by Crippen LogP contribution is 2.66. The van der Waals surface area contributed by atoms with Crippen LogP contribution in [0.25, 0.3) is 11.3 Å². The summed E-state index contributed by atoms with van der Waals surface area (Å²) in [5.41, 5.74) is -2.06. The van der Waals surface area contributed by atoms with Crippen molar-refractivity contribution in [1.29, 1.82) is 0 Å². The molecule has 0 bridgehead atoms. The Hall–Kier alpha value is -1.61. The topological polar surface area (TPSA) is 97.1 Å². The van der Waals surface area contributed by atoms with Crippen molar-refractivity contribution in [2.75, 3.05) is 6.61 Å². The van der Waals surface area contributed by atoms with E-state index in [9.17, 15) is 9.59 Å². The number of halogens is 1. The molecule has 0 N–H and O–H groups in total. The molecule has 2 aromatic heterocycles. The van der Waals surface area contributed by atoms with Crippen molar-refractivity contribution in [1.82, 2.24) is 4.98 Å². The molecule has 2 aromatic rings. The number of aromatic nitrogens is 1. The highest BCUT2D eigenvalue weighted by molar-refractivity contribution is 6.70. The summed E-state index contributed by atoms with van der Waals surface area (Å²) < 4.78 is 33.4. The van der Waals surface area contributed by atoms with Gasteiger partial charge < -0.3 is 22.4 Å². The molecule has 2 fully saturated rings. The van der Waals surface area contributed by atoms with Gasteiger partial charge in [-0.3, -0.25) is 4.79 Å². The lowest BCUT2D eigenvalue weighted by atomic mass is 9.43. The third-order valence-corrected chi connectivity index (χ3v) is 13.4. The number of pyridine rings is 1. The maximum atomic E-state index is 14.9. The van der Waals surface area contributed by atoms with Crippen LogP contribution < -0.4 is 10.4 Å². The summed E-state index contributed by atoms with van der Waals surface area (Å²) in [7, 11) is -5.95. The first-order valence-corrected chi connectivity index (χ1v) is 27.1. The molecular formula is C34H52ClNO7Si3. The lowest BCUT2D eigenvalue weighted by Gasteiger charge is -2.66. The average molecular weight is 707 g/mol. The Morgan fingerprint density at radius 2 is 1.57 bits per heavy atom. The molecule has 0 saturated heterocycles. The van der Waals surface area contributed by atoms with Crippen LogP contribution in [0.1, 0.15) is 50.4 Å². The van der Waals surface area contributed by atoms with Crippen molar-refractivity contribution in [3.8, 4) is 17.1 Å². The van der Waals surface area contributed by atoms with Crippen LogP contribution in [0, 0.1) is 22.7 Å². The van der Waals surface area contributed by atoms with Crippen LogP contribution in [-0.2, 0) is 13.3 Å². The highest BCUT2D eigenvalue weighted by Gasteiger charge is 2.70. The number of fused-ring (bicyclic) bond motifs is 4. The van der Waals surface area contributed by atoms with Crippen LogP contribution in [0.5, 0.6) is 5.75 Å². The van der Waals surface area contributed by atoms with Crippen molar-refractivity contribution in [2.24, 2.45) is 22.7 Å². The highest BCUT2D eigenvalue weighted by atomic mass is 35.5. The number of carbonyl (C=O) groups is 1. The first-order valence-electron chi connectivity index (χ1n) is 16.5. The van der Waals surface area contributed by atoms with E-state index in [2.05, 4.69) is 77.8 Å². The molecule has 3 heterocycles. The Kier molecular flexibility index (Phi) is 9.13. The fraction of sp³-hybridized carbons (Fsp3) is 0.676. The minimum Gasteiger partial charge on any atom is -0.483 e. The van der Waals surface area contributed by atoms with Crippen LogP contribution in [0.3, 0.4) is 0 Å². The molecule has 0 spiro atoms. The van der Waals surface area contributed by atoms with Gasteiger partial charge in [0.15, 0.2) is 30.7 Å². The third-order valence-electron chi connectivity index (χ3n) is 10.2. The molecule has 0 amide bonds. The summed E-state index contributed by atoms with van der Waals surface area (Å²) in [5, 5.41) is 0.328. The van der Waals surface area contributed by atoms with Gasteiger partial charge in [0, 0.05) is 29.8 Å². The summed E-state index contributed by atoms with van der Waals surface area (Å²) in [4.78, 5) is 32.7. The van der Waals surface area contributed by atoms with Gasteiger partial charge in [-0.25, -0.2) is 9.78 Å². The fourth-order valence-electron chi connectivity index (χ4n) is 8.38. The largest absolute Gasteiger partial charge is 0.483 e. The monoisotopic (exact) mass is 705 g/mol. The van der Waals surface area contributed by atoms with Crippen molar-refractivity contribution in [2.45, 2.75) is 117 Å². The molecule has 3 aliphatic rings. The Morgan fingerprint density at radius 1 is 0.935 bits per heavy atom. The molecule has 2 aliphatic carbocycles. The molecule has 0 radical (unpaired) electrons. The van der Waals surface area contributed by atoms with E-state index in [1.54, 1.807) is 18.2 Å². The standard InChI is InChI=1S/C34H52ClNO7Si3/c1-32-16-15-25(42-45(7,8)9)33(2,20-39-44(4,5)6)24(32)18-26(43-46(10,11)12)34(3)30(32)29(37)28-23(41-34)17-22(40-31(28)38)21-13-14-27(35)36-19-21/h13-14,17,19,24-26,30H,15-16,18,20H2,1-12H3/t24-,25+,26+,30-,32+,33+,34-/m1/s1. The van der Waals surface area contributed by atoms with E-state index in [0.29, 0.717) is 23.7 Å². The number of hydrogen-bond donors (Lipinski definition) is 0. The second-order valence-electron chi connectivity index (χ2n) is 17.3. The van der Waals surface area contributed by atoms with Gasteiger partial charge in [-0.1, -0.05) is 25.4 Å². The Morgan fingerprint density at radius 3 is 2.13 bits per heavy atom. The van der Waals surface area contributed by atoms with Gasteiger partial charge >= 0.3 is 5.63 Å². The third kappa shape index (κ3) is 6.66. The maximum absolute atomic E-state index is 14.9. The number of rotatable bonds is 8. The van der Waals surface area contributed by atoms with Crippen molar-refractivity contribution in [3.63, 3.8) is 0 Å². The quantitative estimate of drug-likeness (QED) is 0.200. The first kappa shape index (κ1) is 35.7. The molecule has 46 heavy (non-hydrogen) atoms. The van der Waals surface area contributed by atoms with Crippen molar-refractivity contribution >= 4 is 42.3 Å². The zero-order valence-electron chi connectivity index (χ0n) is 29.6. The van der Waals surface area contributed by atoms with E-state index < -0.39 is 47.5 Å². The Labute approximate surface area is 282 Å². The zero-order valence-corrected chi connectivity index (χ0v) is 33.4. The summed E-state index contributed by atoms with van der Waals surface area (Å²) >= 11 is 6.00. The van der Waals surface area contributed by atoms with E-state index in [0.717, 1.165) is 12.8 Å². The number of ketones is 1. The van der Waals surface area contributed by atoms with Gasteiger partial charge in [-0.05, 0) is 109 Å². The van der Waals surface area contributed by atoms with Crippen molar-refractivity contribution in [3.05, 3.63) is 45.5 Å². The molecule has 0 aromatic carbocycles. The summed E-state index contributed by atoms with van der Waals surface area (Å²) in [5.74, 6) is -0.334. The number of ether oxygens (including phenoxy) is 1. The lowest BCUT2D eigenvalue weighted by molar-refractivity contribution is -0.219. The van der Waals surface area contributed by atoms with Crippen LogP contribution in [0.15, 0.2) is 33.6 Å². The molecular weight excluding hydrogens is 654 g/mol. The van der Waals surface area contributed by atoms with Gasteiger partial charge in [-0.2, -0.15) is 0 Å². The minimum absolute atomic E-state index is 0.0158. The van der Waals surface area contributed by atoms with E-state index in [4.69, 9.17) is 34.0 Å². The molecule has 7 atom stereocenters. The number of Topliss-reactive ketones (excluding diaryl/α,β-unsaturated/α-hetero) is 1. The minimum atomic E-state index is -2.13. The molecule has 0 unspecified atom stereocenters. The maximum Gasteiger partial charge on any atom is 0.351 e. The fourth-order valence-corrected chi connectivity index (χ4v) is 11.7. The van der Waals surface area contributed by atoms with Crippen molar-refractivity contribution < 1.29 is 27.2 Å². The second-order valence-corrected chi connectivity index (χ2v) is 31.1. The summed E-state index contributed by atoms with van der Waals surface area (Å²) in [6.07, 6.45) is 3.40. The van der Waals surface area contributed by atoms with Gasteiger partial charge in [0.05, 0.1) is 18.1 Å². The molecule has 254 valence electrons. The van der Waals surface area contributed by atoms with E-state index in [-0.39, 0.29) is 46.4 Å². The average Bonchev–Trinajstić information content (AvgIpc) is 2.89. The van der Waals surface area contributed by atoms with E-state index >= 15 is 0 Å². The summed E-state index contributed by atoms with van der Waals surface area (Å²) in [6, 6.07) is 5.00. The summed E-state index contributed by atoms with van der Waals surface area (Å²) in [6.45, 7) is 27.0. The Bertz CT molecular complexity index is 1550. The molecule has 5 rings (SSSR count). The Balaban J connectivity index is 1.67.